The third kappa shape index (κ3) is 10.7. The fourth-order valence-corrected chi connectivity index (χ4v) is 7.23. The van der Waals surface area contributed by atoms with Gasteiger partial charge in [0.25, 0.3) is 0 Å². The molecular weight excluding hydrogens is 636 g/mol. The number of nitrogens with zero attached hydrogens (tertiary/aromatic N) is 5. The molecule has 0 aromatic carbocycles. The van der Waals surface area contributed by atoms with Gasteiger partial charge in [-0.3, -0.25) is 24.1 Å². The van der Waals surface area contributed by atoms with Crippen LogP contribution in [-0.4, -0.2) is 92.0 Å². The van der Waals surface area contributed by atoms with Crippen molar-refractivity contribution in [3.8, 4) is 0 Å². The van der Waals surface area contributed by atoms with Crippen LogP contribution in [-0.2, 0) is 40.7 Å². The number of carbonyl (C=O) groups excluding carboxylic acids is 4. The molecule has 4 rings (SSSR count). The van der Waals surface area contributed by atoms with E-state index in [1.807, 2.05) is 59.3 Å². The number of unbranched alkanes of at least 4 members (excludes halogenated alkanes) is 2. The second kappa shape index (κ2) is 16.5. The Hall–Kier alpha value is -3.12. The third-order valence-electron chi connectivity index (χ3n) is 10.2. The van der Waals surface area contributed by atoms with Gasteiger partial charge in [0, 0.05) is 44.7 Å². The number of rotatable bonds is 20. The number of carbonyl (C=O) groups is 4. The molecule has 1 saturated carbocycles. The molecule has 1 aromatic rings. The number of nitrogens with one attached hydrogen (secondary N) is 1. The van der Waals surface area contributed by atoms with E-state index in [9.17, 15) is 19.2 Å². The summed E-state index contributed by atoms with van der Waals surface area (Å²) in [6, 6.07) is 0. The molecule has 12 heteroatoms. The highest BCUT2D eigenvalue weighted by Gasteiger charge is 2.58. The van der Waals surface area contributed by atoms with Crippen LogP contribution in [0.15, 0.2) is 18.3 Å². The number of fused-ring (bicyclic) bond motifs is 5. The van der Waals surface area contributed by atoms with Gasteiger partial charge in [0.15, 0.2) is 0 Å². The second-order valence-corrected chi connectivity index (χ2v) is 17.0. The Morgan fingerprint density at radius 1 is 0.940 bits per heavy atom. The maximum atomic E-state index is 13.6. The highest BCUT2D eigenvalue weighted by atomic mass is 16.5. The summed E-state index contributed by atoms with van der Waals surface area (Å²) in [5.41, 5.74) is -0.371. The molecule has 0 unspecified atom stereocenters. The number of allylic oxidation sites excluding steroid dienone is 2. The zero-order valence-corrected chi connectivity index (χ0v) is 32.0. The predicted octanol–water partition coefficient (Wildman–Crippen LogP) is 5.01. The zero-order valence-electron chi connectivity index (χ0n) is 32.0. The van der Waals surface area contributed by atoms with Gasteiger partial charge in [-0.05, 0) is 106 Å². The second-order valence-electron chi connectivity index (χ2n) is 17.0. The molecule has 12 nitrogen and oxygen atoms in total. The van der Waals surface area contributed by atoms with E-state index >= 15 is 0 Å². The quantitative estimate of drug-likeness (QED) is 0.114. The van der Waals surface area contributed by atoms with Crippen LogP contribution in [0.1, 0.15) is 119 Å². The van der Waals surface area contributed by atoms with Crippen LogP contribution in [0.3, 0.4) is 0 Å². The topological polar surface area (TPSA) is 136 Å². The van der Waals surface area contributed by atoms with Gasteiger partial charge in [-0.25, -0.2) is 4.68 Å². The van der Waals surface area contributed by atoms with Crippen LogP contribution >= 0.6 is 0 Å². The summed E-state index contributed by atoms with van der Waals surface area (Å²) in [6.45, 7) is 20.2. The molecule has 1 saturated heterocycles. The molecule has 0 spiro atoms. The summed E-state index contributed by atoms with van der Waals surface area (Å²) in [5, 5.41) is 11.9. The van der Waals surface area contributed by atoms with Crippen molar-refractivity contribution in [2.24, 2.45) is 23.7 Å². The summed E-state index contributed by atoms with van der Waals surface area (Å²) < 4.78 is 13.4. The molecule has 1 N–H and O–H groups in total. The minimum atomic E-state index is -0.446. The first-order valence-electron chi connectivity index (χ1n) is 18.7. The number of aromatic nitrogens is 3. The van der Waals surface area contributed by atoms with Gasteiger partial charge in [-0.1, -0.05) is 23.8 Å². The van der Waals surface area contributed by atoms with Crippen molar-refractivity contribution in [3.05, 3.63) is 24.0 Å². The number of likely N-dealkylation sites (tertiary alicyclic amines) is 1. The highest BCUT2D eigenvalue weighted by molar-refractivity contribution is 6.06. The van der Waals surface area contributed by atoms with Crippen molar-refractivity contribution in [1.29, 1.82) is 0 Å². The van der Waals surface area contributed by atoms with Crippen molar-refractivity contribution in [2.45, 2.75) is 143 Å². The molecule has 4 amide bonds. The Balaban J connectivity index is 1.31. The van der Waals surface area contributed by atoms with E-state index in [4.69, 9.17) is 9.47 Å². The van der Waals surface area contributed by atoms with Gasteiger partial charge in [-0.2, -0.15) is 0 Å². The summed E-state index contributed by atoms with van der Waals surface area (Å²) in [7, 11) is 0. The van der Waals surface area contributed by atoms with Gasteiger partial charge in [0.2, 0.25) is 23.6 Å². The summed E-state index contributed by atoms with van der Waals surface area (Å²) in [6.07, 6.45) is 11.0. The first-order valence-corrected chi connectivity index (χ1v) is 18.7. The maximum Gasteiger partial charge on any atom is 0.233 e. The largest absolute Gasteiger partial charge is 0.379 e. The zero-order chi connectivity index (χ0) is 36.9. The van der Waals surface area contributed by atoms with E-state index in [2.05, 4.69) is 41.6 Å². The average molecular weight is 699 g/mol. The van der Waals surface area contributed by atoms with E-state index in [0.29, 0.717) is 57.6 Å². The Bertz CT molecular complexity index is 1350. The monoisotopic (exact) mass is 698 g/mol. The lowest BCUT2D eigenvalue weighted by atomic mass is 9.85. The smallest absolute Gasteiger partial charge is 0.233 e. The van der Waals surface area contributed by atoms with E-state index in [-0.39, 0.29) is 84.1 Å². The summed E-state index contributed by atoms with van der Waals surface area (Å²) >= 11 is 0. The predicted molar refractivity (Wildman–Crippen MR) is 191 cm³/mol. The van der Waals surface area contributed by atoms with Gasteiger partial charge < -0.3 is 19.7 Å². The van der Waals surface area contributed by atoms with E-state index in [1.54, 1.807) is 4.90 Å². The van der Waals surface area contributed by atoms with Crippen molar-refractivity contribution in [2.75, 3.05) is 26.3 Å². The van der Waals surface area contributed by atoms with Crippen LogP contribution in [0.5, 0.6) is 0 Å². The van der Waals surface area contributed by atoms with Gasteiger partial charge >= 0.3 is 0 Å². The molecule has 0 radical (unpaired) electrons. The van der Waals surface area contributed by atoms with E-state index in [1.165, 1.54) is 4.90 Å². The number of hydrogen-bond donors (Lipinski definition) is 1. The Kier molecular flexibility index (Phi) is 13.1. The average Bonchev–Trinajstić information content (AvgIpc) is 3.79. The summed E-state index contributed by atoms with van der Waals surface area (Å²) in [4.78, 5) is 55.8. The molecule has 2 bridgehead atoms. The lowest BCUT2D eigenvalue weighted by Gasteiger charge is -2.28. The van der Waals surface area contributed by atoms with E-state index in [0.717, 1.165) is 12.8 Å². The molecule has 1 aliphatic heterocycles. The van der Waals surface area contributed by atoms with Crippen molar-refractivity contribution in [1.82, 2.24) is 30.1 Å². The van der Waals surface area contributed by atoms with Crippen LogP contribution in [0.2, 0.25) is 0 Å². The number of imide groups is 1. The van der Waals surface area contributed by atoms with Gasteiger partial charge in [-0.15, -0.1) is 5.10 Å². The highest BCUT2D eigenvalue weighted by Crippen LogP contribution is 2.52. The Morgan fingerprint density at radius 3 is 2.22 bits per heavy atom. The van der Waals surface area contributed by atoms with Crippen LogP contribution in [0.25, 0.3) is 0 Å². The fourth-order valence-electron chi connectivity index (χ4n) is 7.23. The molecule has 2 fully saturated rings. The van der Waals surface area contributed by atoms with Crippen LogP contribution in [0.4, 0.5) is 0 Å². The van der Waals surface area contributed by atoms with Gasteiger partial charge in [0.1, 0.15) is 5.69 Å². The van der Waals surface area contributed by atoms with Crippen LogP contribution in [0, 0.1) is 23.7 Å². The summed E-state index contributed by atoms with van der Waals surface area (Å²) in [5.74, 6) is -0.186. The number of hydrogen-bond acceptors (Lipinski definition) is 8. The SMILES string of the molecule is CC(C)OCCC(C)(C)NC(=O)CCN(Cc1cn(C(C)(C)CCOC(C)(C)C)nn1)C(=O)CCCCCN1C(=O)[C@@H]2[C@H](C1=O)[C@H]1C=C[C@@H]2C1. The van der Waals surface area contributed by atoms with Crippen molar-refractivity contribution >= 4 is 23.6 Å². The van der Waals surface area contributed by atoms with Crippen molar-refractivity contribution < 1.29 is 28.7 Å². The normalized spacial score (nSPS) is 21.8. The standard InChI is InChI=1S/C38H62N6O6/c1-26(2)49-21-17-37(6,7)39-30(45)16-20-42(24-29-25-44(41-40-29)38(8,9)18-22-50-36(3,4)5)31(46)13-11-10-12-19-43-34(47)32-27-14-15-28(23-27)33(32)35(43)48/h14-15,25-28,32-33H,10-13,16-24H2,1-9H3,(H,39,45)/t27-,28+,32+,33-. The Morgan fingerprint density at radius 2 is 1.60 bits per heavy atom. The third-order valence-corrected chi connectivity index (χ3v) is 10.2. The van der Waals surface area contributed by atoms with Crippen LogP contribution < -0.4 is 5.32 Å². The van der Waals surface area contributed by atoms with Crippen molar-refractivity contribution in [3.63, 3.8) is 0 Å². The minimum absolute atomic E-state index is 0.0223. The lowest BCUT2D eigenvalue weighted by molar-refractivity contribution is -0.141. The molecule has 50 heavy (non-hydrogen) atoms. The first-order chi connectivity index (χ1) is 23.4. The number of amides is 4. The molecule has 2 heterocycles. The Labute approximate surface area is 299 Å². The first kappa shape index (κ1) is 39.7. The number of ether oxygens (including phenoxy) is 2. The maximum absolute atomic E-state index is 13.6. The molecule has 1 aromatic heterocycles. The minimum Gasteiger partial charge on any atom is -0.379 e. The van der Waals surface area contributed by atoms with Gasteiger partial charge in [0.05, 0.1) is 41.8 Å². The molecule has 3 aliphatic rings. The van der Waals surface area contributed by atoms with E-state index < -0.39 is 5.54 Å². The lowest BCUT2D eigenvalue weighted by Crippen LogP contribution is -2.45. The fraction of sp³-hybridized carbons (Fsp3) is 0.789. The molecule has 4 atom stereocenters. The molecule has 2 aliphatic carbocycles. The molecule has 280 valence electrons. The molecular formula is C38H62N6O6.